The fourth-order valence-electron chi connectivity index (χ4n) is 1.31. The third-order valence-corrected chi connectivity index (χ3v) is 1.94. The maximum Gasteiger partial charge on any atom is 0.120 e. The van der Waals surface area contributed by atoms with Crippen molar-refractivity contribution in [1.82, 2.24) is 4.90 Å². The van der Waals surface area contributed by atoms with Crippen LogP contribution in [0.5, 0.6) is 5.75 Å². The van der Waals surface area contributed by atoms with Gasteiger partial charge in [0, 0.05) is 18.7 Å². The molecule has 13 heavy (non-hydrogen) atoms. The van der Waals surface area contributed by atoms with Crippen molar-refractivity contribution in [2.45, 2.75) is 13.1 Å². The van der Waals surface area contributed by atoms with Crippen LogP contribution in [0.3, 0.4) is 0 Å². The maximum atomic E-state index is 9.59. The third-order valence-electron chi connectivity index (χ3n) is 1.94. The number of phenols is 1. The molecule has 0 unspecified atom stereocenters. The van der Waals surface area contributed by atoms with Gasteiger partial charge in [-0.25, -0.2) is 0 Å². The van der Waals surface area contributed by atoms with Gasteiger partial charge in [-0.1, -0.05) is 12.1 Å². The van der Waals surface area contributed by atoms with E-state index < -0.39 is 0 Å². The van der Waals surface area contributed by atoms with Crippen LogP contribution in [0.2, 0.25) is 0 Å². The molecule has 0 spiro atoms. The van der Waals surface area contributed by atoms with Gasteiger partial charge in [-0.3, -0.25) is 0 Å². The van der Waals surface area contributed by atoms with Crippen molar-refractivity contribution in [2.75, 3.05) is 14.1 Å². The first-order valence-corrected chi connectivity index (χ1v) is 4.29. The summed E-state index contributed by atoms with van der Waals surface area (Å²) in [5.74, 6) is 0.330. The van der Waals surface area contributed by atoms with E-state index in [-0.39, 0.29) is 0 Å². The Labute approximate surface area is 78.8 Å². The highest BCUT2D eigenvalue weighted by Crippen LogP contribution is 2.21. The quantitative estimate of drug-likeness (QED) is 0.727. The van der Waals surface area contributed by atoms with E-state index in [0.29, 0.717) is 12.3 Å². The molecule has 0 aliphatic heterocycles. The molecule has 1 aromatic carbocycles. The van der Waals surface area contributed by atoms with Crippen LogP contribution >= 0.6 is 0 Å². The summed E-state index contributed by atoms with van der Waals surface area (Å²) in [5.41, 5.74) is 7.50. The lowest BCUT2D eigenvalue weighted by molar-refractivity contribution is 0.384. The number of nitrogens with zero attached hydrogens (tertiary/aromatic N) is 1. The lowest BCUT2D eigenvalue weighted by Crippen LogP contribution is -2.13. The van der Waals surface area contributed by atoms with Crippen molar-refractivity contribution in [3.05, 3.63) is 29.3 Å². The topological polar surface area (TPSA) is 49.5 Å². The molecular weight excluding hydrogens is 164 g/mol. The number of rotatable bonds is 3. The first kappa shape index (κ1) is 10.0. The van der Waals surface area contributed by atoms with Crippen LogP contribution in [-0.4, -0.2) is 24.1 Å². The molecule has 1 aromatic rings. The summed E-state index contributed by atoms with van der Waals surface area (Å²) in [6.45, 7) is 1.19. The largest absolute Gasteiger partial charge is 0.508 e. The number of aromatic hydroxyl groups is 1. The fourth-order valence-corrected chi connectivity index (χ4v) is 1.31. The smallest absolute Gasteiger partial charge is 0.120 e. The van der Waals surface area contributed by atoms with Crippen LogP contribution in [0.4, 0.5) is 0 Å². The Morgan fingerprint density at radius 3 is 2.62 bits per heavy atom. The highest BCUT2D eigenvalue weighted by Gasteiger charge is 2.06. The van der Waals surface area contributed by atoms with Crippen molar-refractivity contribution < 1.29 is 5.11 Å². The molecule has 72 valence electrons. The van der Waals surface area contributed by atoms with E-state index in [0.717, 1.165) is 17.7 Å². The van der Waals surface area contributed by atoms with Crippen LogP contribution in [0.1, 0.15) is 11.1 Å². The molecule has 0 aliphatic carbocycles. The Morgan fingerprint density at radius 2 is 2.08 bits per heavy atom. The molecule has 0 saturated heterocycles. The summed E-state index contributed by atoms with van der Waals surface area (Å²) in [6.07, 6.45) is 0. The zero-order valence-corrected chi connectivity index (χ0v) is 8.12. The highest BCUT2D eigenvalue weighted by atomic mass is 16.3. The second-order valence-electron chi connectivity index (χ2n) is 3.36. The van der Waals surface area contributed by atoms with E-state index in [9.17, 15) is 5.11 Å². The average Bonchev–Trinajstić information content (AvgIpc) is 2.08. The lowest BCUT2D eigenvalue weighted by Gasteiger charge is -2.14. The van der Waals surface area contributed by atoms with Crippen LogP contribution in [-0.2, 0) is 13.1 Å². The van der Waals surface area contributed by atoms with Gasteiger partial charge in [0.25, 0.3) is 0 Å². The molecule has 0 saturated carbocycles. The summed E-state index contributed by atoms with van der Waals surface area (Å²) in [5, 5.41) is 9.59. The summed E-state index contributed by atoms with van der Waals surface area (Å²) >= 11 is 0. The van der Waals surface area contributed by atoms with E-state index in [1.165, 1.54) is 0 Å². The van der Waals surface area contributed by atoms with Crippen molar-refractivity contribution in [3.8, 4) is 5.75 Å². The van der Waals surface area contributed by atoms with Gasteiger partial charge in [0.1, 0.15) is 5.75 Å². The molecule has 0 aliphatic rings. The Bertz CT molecular complexity index is 284. The van der Waals surface area contributed by atoms with Crippen molar-refractivity contribution >= 4 is 0 Å². The second-order valence-corrected chi connectivity index (χ2v) is 3.36. The van der Waals surface area contributed by atoms with E-state index >= 15 is 0 Å². The van der Waals surface area contributed by atoms with Gasteiger partial charge < -0.3 is 15.7 Å². The summed E-state index contributed by atoms with van der Waals surface area (Å²) in [7, 11) is 3.93. The average molecular weight is 180 g/mol. The molecule has 0 atom stereocenters. The van der Waals surface area contributed by atoms with Gasteiger partial charge in [-0.05, 0) is 25.7 Å². The molecule has 0 amide bonds. The first-order valence-electron chi connectivity index (χ1n) is 4.29. The SMILES string of the molecule is CN(C)Cc1c(O)cccc1CN. The van der Waals surface area contributed by atoms with Crippen LogP contribution in [0.15, 0.2) is 18.2 Å². The maximum absolute atomic E-state index is 9.59. The van der Waals surface area contributed by atoms with Gasteiger partial charge in [0.15, 0.2) is 0 Å². The summed E-state index contributed by atoms with van der Waals surface area (Å²) in [4.78, 5) is 2.01. The van der Waals surface area contributed by atoms with Gasteiger partial charge in [0.05, 0.1) is 0 Å². The zero-order valence-electron chi connectivity index (χ0n) is 8.12. The van der Waals surface area contributed by atoms with E-state index in [1.807, 2.05) is 31.1 Å². The molecule has 0 radical (unpaired) electrons. The molecule has 0 aromatic heterocycles. The molecule has 3 nitrogen and oxygen atoms in total. The predicted octanol–water partition coefficient (Wildman–Crippen LogP) is 0.913. The van der Waals surface area contributed by atoms with Gasteiger partial charge >= 0.3 is 0 Å². The standard InChI is InChI=1S/C10H16N2O/c1-12(2)7-9-8(6-11)4-3-5-10(9)13/h3-5,13H,6-7,11H2,1-2H3. The molecule has 3 heteroatoms. The van der Waals surface area contributed by atoms with Gasteiger partial charge in [-0.15, -0.1) is 0 Å². The Kier molecular flexibility index (Phi) is 3.28. The molecule has 0 fully saturated rings. The normalized spacial score (nSPS) is 10.8. The zero-order chi connectivity index (χ0) is 9.84. The number of nitrogens with two attached hydrogens (primary N) is 1. The van der Waals surface area contributed by atoms with Crippen LogP contribution < -0.4 is 5.73 Å². The minimum absolute atomic E-state index is 0.330. The summed E-state index contributed by atoms with van der Waals surface area (Å²) < 4.78 is 0. The van der Waals surface area contributed by atoms with Crippen LogP contribution in [0, 0.1) is 0 Å². The number of hydrogen-bond acceptors (Lipinski definition) is 3. The van der Waals surface area contributed by atoms with Gasteiger partial charge in [0.2, 0.25) is 0 Å². The third kappa shape index (κ3) is 2.44. The van der Waals surface area contributed by atoms with E-state index in [2.05, 4.69) is 0 Å². The van der Waals surface area contributed by atoms with E-state index in [4.69, 9.17) is 5.73 Å². The minimum atomic E-state index is 0.330. The lowest BCUT2D eigenvalue weighted by atomic mass is 10.1. The van der Waals surface area contributed by atoms with Crippen molar-refractivity contribution in [2.24, 2.45) is 5.73 Å². The first-order chi connectivity index (χ1) is 6.15. The van der Waals surface area contributed by atoms with Crippen molar-refractivity contribution in [3.63, 3.8) is 0 Å². The summed E-state index contributed by atoms with van der Waals surface area (Å²) in [6, 6.07) is 5.45. The Balaban J connectivity index is 3.00. The van der Waals surface area contributed by atoms with Crippen molar-refractivity contribution in [1.29, 1.82) is 0 Å². The number of benzene rings is 1. The Hall–Kier alpha value is -1.06. The van der Waals surface area contributed by atoms with Gasteiger partial charge in [-0.2, -0.15) is 0 Å². The predicted molar refractivity (Wildman–Crippen MR) is 53.4 cm³/mol. The molecular formula is C10H16N2O. The van der Waals surface area contributed by atoms with Crippen LogP contribution in [0.25, 0.3) is 0 Å². The molecule has 1 rings (SSSR count). The highest BCUT2D eigenvalue weighted by molar-refractivity contribution is 5.39. The minimum Gasteiger partial charge on any atom is -0.508 e. The monoisotopic (exact) mass is 180 g/mol. The number of phenolic OH excluding ortho intramolecular Hbond substituents is 1. The molecule has 0 heterocycles. The molecule has 0 bridgehead atoms. The second kappa shape index (κ2) is 4.25. The Morgan fingerprint density at radius 1 is 1.38 bits per heavy atom. The van der Waals surface area contributed by atoms with E-state index in [1.54, 1.807) is 6.07 Å². The fraction of sp³-hybridized carbons (Fsp3) is 0.400. The molecule has 3 N–H and O–H groups in total. The number of hydrogen-bond donors (Lipinski definition) is 2.